The Morgan fingerprint density at radius 1 is 1.44 bits per heavy atom. The number of amides is 1. The van der Waals surface area contributed by atoms with Gasteiger partial charge in [-0.3, -0.25) is 4.79 Å². The Balaban J connectivity index is 2.28. The van der Waals surface area contributed by atoms with Gasteiger partial charge in [-0.05, 0) is 26.3 Å². The zero-order valence-corrected chi connectivity index (χ0v) is 10.2. The molecule has 2 N–H and O–H groups in total. The van der Waals surface area contributed by atoms with Crippen LogP contribution in [0.1, 0.15) is 19.3 Å². The van der Waals surface area contributed by atoms with Crippen molar-refractivity contribution in [3.8, 4) is 0 Å². The molecule has 1 atom stereocenters. The van der Waals surface area contributed by atoms with Crippen molar-refractivity contribution in [3.05, 3.63) is 12.2 Å². The second kappa shape index (κ2) is 6.00. The topological polar surface area (TPSA) is 75.3 Å². The lowest BCUT2D eigenvalue weighted by Crippen LogP contribution is -2.36. The normalized spacial score (nSPS) is 20.7. The summed E-state index contributed by atoms with van der Waals surface area (Å²) in [5, 5.41) is 2.65. The first-order chi connectivity index (χ1) is 7.55. The van der Waals surface area contributed by atoms with Crippen LogP contribution in [0.2, 0.25) is 0 Å². The van der Waals surface area contributed by atoms with Crippen LogP contribution in [0.15, 0.2) is 12.2 Å². The fourth-order valence-electron chi connectivity index (χ4n) is 1.59. The van der Waals surface area contributed by atoms with E-state index in [0.29, 0.717) is 0 Å². The Morgan fingerprint density at radius 3 is 2.75 bits per heavy atom. The van der Waals surface area contributed by atoms with Crippen LogP contribution >= 0.6 is 0 Å². The van der Waals surface area contributed by atoms with Gasteiger partial charge in [-0.25, -0.2) is 13.1 Å². The SMILES string of the molecule is CNS(=O)(=O)CCNC(=O)[C@@H]1CC=CCC1. The van der Waals surface area contributed by atoms with E-state index in [0.717, 1.165) is 19.3 Å². The van der Waals surface area contributed by atoms with Gasteiger partial charge < -0.3 is 5.32 Å². The van der Waals surface area contributed by atoms with Crippen LogP contribution in [0.3, 0.4) is 0 Å². The molecule has 0 fully saturated rings. The van der Waals surface area contributed by atoms with Gasteiger partial charge in [-0.15, -0.1) is 0 Å². The van der Waals surface area contributed by atoms with E-state index < -0.39 is 10.0 Å². The third-order valence-corrected chi connectivity index (χ3v) is 3.98. The number of nitrogens with one attached hydrogen (secondary N) is 2. The van der Waals surface area contributed by atoms with Crippen molar-refractivity contribution in [3.63, 3.8) is 0 Å². The first-order valence-corrected chi connectivity index (χ1v) is 7.04. The first kappa shape index (κ1) is 13.2. The van der Waals surface area contributed by atoms with Gasteiger partial charge in [0.1, 0.15) is 0 Å². The van der Waals surface area contributed by atoms with Crippen LogP contribution in [0.4, 0.5) is 0 Å². The number of rotatable bonds is 5. The van der Waals surface area contributed by atoms with E-state index in [1.807, 2.05) is 6.08 Å². The third-order valence-electron chi connectivity index (χ3n) is 2.62. The minimum atomic E-state index is -3.22. The predicted octanol–water partition coefficient (Wildman–Crippen LogP) is 0.00810. The summed E-state index contributed by atoms with van der Waals surface area (Å²) >= 11 is 0. The highest BCUT2D eigenvalue weighted by Gasteiger charge is 2.18. The van der Waals surface area contributed by atoms with Gasteiger partial charge >= 0.3 is 0 Å². The van der Waals surface area contributed by atoms with Crippen LogP contribution in [0.25, 0.3) is 0 Å². The van der Waals surface area contributed by atoms with Gasteiger partial charge in [-0.1, -0.05) is 12.2 Å². The van der Waals surface area contributed by atoms with Gasteiger partial charge in [0.2, 0.25) is 15.9 Å². The number of sulfonamides is 1. The maximum absolute atomic E-state index is 11.6. The summed E-state index contributed by atoms with van der Waals surface area (Å²) in [6.07, 6.45) is 6.59. The zero-order chi connectivity index (χ0) is 12.0. The van der Waals surface area contributed by atoms with Crippen molar-refractivity contribution in [2.75, 3.05) is 19.3 Å². The number of allylic oxidation sites excluding steroid dienone is 2. The van der Waals surface area contributed by atoms with Crippen molar-refractivity contribution in [2.24, 2.45) is 5.92 Å². The average molecular weight is 246 g/mol. The molecule has 0 spiro atoms. The lowest BCUT2D eigenvalue weighted by atomic mass is 9.94. The molecule has 0 heterocycles. The molecular formula is C10H18N2O3S. The Labute approximate surface area is 96.4 Å². The molecule has 0 aromatic carbocycles. The maximum Gasteiger partial charge on any atom is 0.223 e. The van der Waals surface area contributed by atoms with Gasteiger partial charge in [0, 0.05) is 12.5 Å². The molecule has 0 unspecified atom stereocenters. The highest BCUT2D eigenvalue weighted by Crippen LogP contribution is 2.17. The van der Waals surface area contributed by atoms with Crippen LogP contribution in [-0.2, 0) is 14.8 Å². The molecule has 1 amide bonds. The minimum Gasteiger partial charge on any atom is -0.355 e. The smallest absolute Gasteiger partial charge is 0.223 e. The molecule has 6 heteroatoms. The van der Waals surface area contributed by atoms with Gasteiger partial charge in [-0.2, -0.15) is 0 Å². The van der Waals surface area contributed by atoms with Crippen molar-refractivity contribution in [1.82, 2.24) is 10.0 Å². The van der Waals surface area contributed by atoms with E-state index in [2.05, 4.69) is 16.1 Å². The van der Waals surface area contributed by atoms with Crippen molar-refractivity contribution in [2.45, 2.75) is 19.3 Å². The Hall–Kier alpha value is -0.880. The zero-order valence-electron chi connectivity index (χ0n) is 9.40. The first-order valence-electron chi connectivity index (χ1n) is 5.39. The summed E-state index contributed by atoms with van der Waals surface area (Å²) in [7, 11) is -1.86. The largest absolute Gasteiger partial charge is 0.355 e. The summed E-state index contributed by atoms with van der Waals surface area (Å²) in [5.41, 5.74) is 0. The molecule has 0 saturated carbocycles. The summed E-state index contributed by atoms with van der Waals surface area (Å²) in [6, 6.07) is 0. The van der Waals surface area contributed by atoms with Crippen LogP contribution in [0.5, 0.6) is 0 Å². The monoisotopic (exact) mass is 246 g/mol. The molecule has 0 aliphatic heterocycles. The van der Waals surface area contributed by atoms with E-state index in [4.69, 9.17) is 0 Å². The summed E-state index contributed by atoms with van der Waals surface area (Å²) in [6.45, 7) is 0.169. The third kappa shape index (κ3) is 4.32. The Morgan fingerprint density at radius 2 is 2.19 bits per heavy atom. The number of hydrogen-bond acceptors (Lipinski definition) is 3. The van der Waals surface area contributed by atoms with E-state index in [1.165, 1.54) is 7.05 Å². The van der Waals surface area contributed by atoms with E-state index in [9.17, 15) is 13.2 Å². The molecule has 1 aliphatic carbocycles. The quantitative estimate of drug-likeness (QED) is 0.671. The molecule has 5 nitrogen and oxygen atoms in total. The highest BCUT2D eigenvalue weighted by molar-refractivity contribution is 7.89. The van der Waals surface area contributed by atoms with Crippen LogP contribution in [-0.4, -0.2) is 33.7 Å². The molecule has 0 aromatic heterocycles. The Kier molecular flexibility index (Phi) is 4.95. The van der Waals surface area contributed by atoms with Crippen molar-refractivity contribution in [1.29, 1.82) is 0 Å². The summed E-state index contributed by atoms with van der Waals surface area (Å²) < 4.78 is 24.4. The van der Waals surface area contributed by atoms with Gasteiger partial charge in [0.25, 0.3) is 0 Å². The summed E-state index contributed by atoms with van der Waals surface area (Å²) in [5.74, 6) is -0.115. The fourth-order valence-corrected chi connectivity index (χ4v) is 2.16. The second-order valence-corrected chi connectivity index (χ2v) is 5.84. The number of hydrogen-bond donors (Lipinski definition) is 2. The number of carbonyl (C=O) groups excluding carboxylic acids is 1. The van der Waals surface area contributed by atoms with E-state index in [-0.39, 0.29) is 24.1 Å². The second-order valence-electron chi connectivity index (χ2n) is 3.80. The number of carbonyl (C=O) groups is 1. The average Bonchev–Trinajstić information content (AvgIpc) is 2.30. The van der Waals surface area contributed by atoms with Crippen molar-refractivity contribution < 1.29 is 13.2 Å². The standard InChI is InChI=1S/C10H18N2O3S/c1-11-16(14,15)8-7-12-10(13)9-5-3-2-4-6-9/h2-3,9,11H,4-8H2,1H3,(H,12,13)/t9-/m1/s1. The molecule has 1 rings (SSSR count). The predicted molar refractivity (Wildman–Crippen MR) is 62.3 cm³/mol. The molecule has 92 valence electrons. The van der Waals surface area contributed by atoms with Gasteiger partial charge in [0.15, 0.2) is 0 Å². The molecular weight excluding hydrogens is 228 g/mol. The van der Waals surface area contributed by atoms with E-state index in [1.54, 1.807) is 0 Å². The summed E-state index contributed by atoms with van der Waals surface area (Å²) in [4.78, 5) is 11.6. The van der Waals surface area contributed by atoms with Crippen LogP contribution in [0, 0.1) is 5.92 Å². The van der Waals surface area contributed by atoms with Crippen molar-refractivity contribution >= 4 is 15.9 Å². The van der Waals surface area contributed by atoms with Gasteiger partial charge in [0.05, 0.1) is 5.75 Å². The lowest BCUT2D eigenvalue weighted by molar-refractivity contribution is -0.125. The fraction of sp³-hybridized carbons (Fsp3) is 0.700. The maximum atomic E-state index is 11.6. The molecule has 0 aromatic rings. The molecule has 1 aliphatic rings. The lowest BCUT2D eigenvalue weighted by Gasteiger charge is -2.17. The minimum absolute atomic E-state index is 0.00212. The Bertz CT molecular complexity index is 362. The molecule has 16 heavy (non-hydrogen) atoms. The molecule has 0 saturated heterocycles. The molecule has 0 radical (unpaired) electrons. The highest BCUT2D eigenvalue weighted by atomic mass is 32.2. The van der Waals surface area contributed by atoms with E-state index >= 15 is 0 Å². The van der Waals surface area contributed by atoms with Crippen LogP contribution < -0.4 is 10.0 Å². The molecule has 0 bridgehead atoms.